The molecule has 4 aromatic rings. The Kier molecular flexibility index (Phi) is 4.20. The van der Waals surface area contributed by atoms with E-state index in [9.17, 15) is 4.79 Å². The highest BCUT2D eigenvalue weighted by Gasteiger charge is 2.20. The van der Waals surface area contributed by atoms with Gasteiger partial charge in [-0.15, -0.1) is 11.3 Å². The van der Waals surface area contributed by atoms with Crippen LogP contribution in [0.3, 0.4) is 0 Å². The molecule has 0 bridgehead atoms. The number of benzene rings is 1. The number of ether oxygens (including phenoxy) is 1. The van der Waals surface area contributed by atoms with Gasteiger partial charge in [-0.1, -0.05) is 5.16 Å². The Morgan fingerprint density at radius 3 is 2.86 bits per heavy atom. The smallest absolute Gasteiger partial charge is 0.262 e. The van der Waals surface area contributed by atoms with Crippen LogP contribution in [0.4, 0.5) is 0 Å². The van der Waals surface area contributed by atoms with Gasteiger partial charge in [0.2, 0.25) is 11.7 Å². The number of rotatable bonds is 4. The highest BCUT2D eigenvalue weighted by atomic mass is 32.1. The molecule has 0 unspecified atom stereocenters. The van der Waals surface area contributed by atoms with Crippen molar-refractivity contribution in [3.8, 4) is 17.1 Å². The number of nitrogens with zero attached hydrogens (tertiary/aromatic N) is 4. The Balaban J connectivity index is 1.46. The second kappa shape index (κ2) is 6.87. The van der Waals surface area contributed by atoms with Gasteiger partial charge in [0.25, 0.3) is 5.56 Å². The van der Waals surface area contributed by atoms with E-state index in [2.05, 4.69) is 15.1 Å². The van der Waals surface area contributed by atoms with Gasteiger partial charge < -0.3 is 9.26 Å². The predicted octanol–water partition coefficient (Wildman–Crippen LogP) is 3.44. The standard InChI is InChI=1S/C20H18N4O3S/c1-26-13-8-6-12(7-9-13)18-22-16(27-23-18)10-24-11-21-19-17(20(24)25)14-4-2-3-5-15(14)28-19/h6-9,11H,2-5,10H2,1H3. The number of aromatic nitrogens is 4. The zero-order valence-corrected chi connectivity index (χ0v) is 16.2. The first kappa shape index (κ1) is 17.1. The summed E-state index contributed by atoms with van der Waals surface area (Å²) in [7, 11) is 1.62. The lowest BCUT2D eigenvalue weighted by molar-refractivity contribution is 0.369. The number of aryl methyl sites for hydroxylation is 2. The van der Waals surface area contributed by atoms with Crippen molar-refractivity contribution in [2.75, 3.05) is 7.11 Å². The van der Waals surface area contributed by atoms with Crippen LogP contribution in [0.1, 0.15) is 29.2 Å². The van der Waals surface area contributed by atoms with E-state index in [1.807, 2.05) is 24.3 Å². The van der Waals surface area contributed by atoms with E-state index in [0.29, 0.717) is 11.7 Å². The van der Waals surface area contributed by atoms with Gasteiger partial charge in [0.15, 0.2) is 0 Å². The van der Waals surface area contributed by atoms with Gasteiger partial charge in [-0.3, -0.25) is 9.36 Å². The fourth-order valence-electron chi connectivity index (χ4n) is 3.62. The van der Waals surface area contributed by atoms with E-state index >= 15 is 0 Å². The number of methoxy groups -OCH3 is 1. The minimum atomic E-state index is -0.0337. The van der Waals surface area contributed by atoms with E-state index in [1.54, 1.807) is 29.3 Å². The SMILES string of the molecule is COc1ccc(-c2noc(Cn3cnc4sc5c(c4c3=O)CCCC5)n2)cc1. The Morgan fingerprint density at radius 2 is 2.04 bits per heavy atom. The minimum Gasteiger partial charge on any atom is -0.497 e. The van der Waals surface area contributed by atoms with Crippen LogP contribution in [-0.4, -0.2) is 26.8 Å². The Morgan fingerprint density at radius 1 is 1.21 bits per heavy atom. The monoisotopic (exact) mass is 394 g/mol. The number of fused-ring (bicyclic) bond motifs is 3. The lowest BCUT2D eigenvalue weighted by Crippen LogP contribution is -2.21. The summed E-state index contributed by atoms with van der Waals surface area (Å²) < 4.78 is 12.1. The first-order valence-corrected chi connectivity index (χ1v) is 10.0. The van der Waals surface area contributed by atoms with Gasteiger partial charge in [-0.2, -0.15) is 4.98 Å². The molecule has 0 aliphatic heterocycles. The number of hydrogen-bond donors (Lipinski definition) is 0. The third-order valence-corrected chi connectivity index (χ3v) is 6.26. The molecule has 0 radical (unpaired) electrons. The third-order valence-electron chi connectivity index (χ3n) is 5.06. The Hall–Kier alpha value is -3.00. The van der Waals surface area contributed by atoms with Gasteiger partial charge in [0, 0.05) is 10.4 Å². The van der Waals surface area contributed by atoms with E-state index in [-0.39, 0.29) is 12.1 Å². The van der Waals surface area contributed by atoms with Crippen LogP contribution in [0.15, 0.2) is 39.9 Å². The van der Waals surface area contributed by atoms with Gasteiger partial charge in [-0.25, -0.2) is 4.98 Å². The quantitative estimate of drug-likeness (QED) is 0.527. The molecule has 3 heterocycles. The molecule has 7 nitrogen and oxygen atoms in total. The summed E-state index contributed by atoms with van der Waals surface area (Å²) in [6.45, 7) is 0.204. The van der Waals surface area contributed by atoms with Crippen LogP contribution in [0.25, 0.3) is 21.6 Å². The first-order valence-electron chi connectivity index (χ1n) is 9.19. The number of thiophene rings is 1. The van der Waals surface area contributed by atoms with Crippen LogP contribution >= 0.6 is 11.3 Å². The molecule has 3 aromatic heterocycles. The summed E-state index contributed by atoms with van der Waals surface area (Å²) in [6.07, 6.45) is 5.89. The van der Waals surface area contributed by atoms with Crippen LogP contribution in [0, 0.1) is 0 Å². The average molecular weight is 394 g/mol. The Labute approximate surface area is 164 Å². The molecule has 142 valence electrons. The van der Waals surface area contributed by atoms with Crippen LogP contribution in [0.5, 0.6) is 5.75 Å². The third kappa shape index (κ3) is 2.90. The number of hydrogen-bond acceptors (Lipinski definition) is 7. The van der Waals surface area contributed by atoms with E-state index in [1.165, 1.54) is 16.9 Å². The maximum Gasteiger partial charge on any atom is 0.262 e. The molecule has 0 atom stereocenters. The fourth-order valence-corrected chi connectivity index (χ4v) is 4.84. The molecule has 0 N–H and O–H groups in total. The first-order chi connectivity index (χ1) is 13.7. The molecule has 1 aliphatic carbocycles. The van der Waals surface area contributed by atoms with Gasteiger partial charge in [-0.05, 0) is 55.5 Å². The molecule has 0 amide bonds. The van der Waals surface area contributed by atoms with E-state index in [0.717, 1.165) is 40.8 Å². The molecule has 0 spiro atoms. The topological polar surface area (TPSA) is 83.0 Å². The van der Waals surface area contributed by atoms with Crippen molar-refractivity contribution in [2.45, 2.75) is 32.2 Å². The summed E-state index contributed by atoms with van der Waals surface area (Å²) in [5.74, 6) is 1.61. The molecular formula is C20H18N4O3S. The molecule has 0 saturated heterocycles. The average Bonchev–Trinajstić information content (AvgIpc) is 3.35. The molecule has 0 saturated carbocycles. The lowest BCUT2D eigenvalue weighted by Gasteiger charge is -2.10. The van der Waals surface area contributed by atoms with Crippen molar-refractivity contribution in [1.29, 1.82) is 0 Å². The highest BCUT2D eigenvalue weighted by molar-refractivity contribution is 7.18. The normalized spacial score (nSPS) is 13.6. The van der Waals surface area contributed by atoms with Crippen molar-refractivity contribution in [3.63, 3.8) is 0 Å². The molecule has 0 fully saturated rings. The van der Waals surface area contributed by atoms with Crippen molar-refractivity contribution in [3.05, 3.63) is 57.3 Å². The fraction of sp³-hybridized carbons (Fsp3) is 0.300. The van der Waals surface area contributed by atoms with Crippen molar-refractivity contribution >= 4 is 21.6 Å². The van der Waals surface area contributed by atoms with Crippen molar-refractivity contribution in [2.24, 2.45) is 0 Å². The second-order valence-electron chi connectivity index (χ2n) is 6.81. The van der Waals surface area contributed by atoms with Gasteiger partial charge >= 0.3 is 0 Å². The van der Waals surface area contributed by atoms with Gasteiger partial charge in [0.05, 0.1) is 18.8 Å². The zero-order chi connectivity index (χ0) is 19.1. The predicted molar refractivity (Wildman–Crippen MR) is 106 cm³/mol. The van der Waals surface area contributed by atoms with Crippen LogP contribution < -0.4 is 10.3 Å². The van der Waals surface area contributed by atoms with Gasteiger partial charge in [0.1, 0.15) is 17.1 Å². The summed E-state index contributed by atoms with van der Waals surface area (Å²) in [4.78, 5) is 24.1. The van der Waals surface area contributed by atoms with Crippen LogP contribution in [-0.2, 0) is 19.4 Å². The van der Waals surface area contributed by atoms with Crippen molar-refractivity contribution < 1.29 is 9.26 Å². The summed E-state index contributed by atoms with van der Waals surface area (Å²) in [5, 5.41) is 4.79. The molecule has 1 aromatic carbocycles. The zero-order valence-electron chi connectivity index (χ0n) is 15.3. The minimum absolute atomic E-state index is 0.0337. The largest absolute Gasteiger partial charge is 0.497 e. The molecule has 8 heteroatoms. The molecular weight excluding hydrogens is 376 g/mol. The van der Waals surface area contributed by atoms with Crippen LogP contribution in [0.2, 0.25) is 0 Å². The summed E-state index contributed by atoms with van der Waals surface area (Å²) in [5.41, 5.74) is 1.97. The maximum absolute atomic E-state index is 13.0. The maximum atomic E-state index is 13.0. The Bertz CT molecular complexity index is 1210. The molecule has 28 heavy (non-hydrogen) atoms. The molecule has 5 rings (SSSR count). The lowest BCUT2D eigenvalue weighted by atomic mass is 9.97. The second-order valence-corrected chi connectivity index (χ2v) is 7.89. The highest BCUT2D eigenvalue weighted by Crippen LogP contribution is 2.33. The van der Waals surface area contributed by atoms with E-state index in [4.69, 9.17) is 9.26 Å². The van der Waals surface area contributed by atoms with Crippen molar-refractivity contribution in [1.82, 2.24) is 19.7 Å². The van der Waals surface area contributed by atoms with E-state index < -0.39 is 0 Å². The summed E-state index contributed by atoms with van der Waals surface area (Å²) >= 11 is 1.65. The summed E-state index contributed by atoms with van der Waals surface area (Å²) in [6, 6.07) is 7.41. The molecule has 1 aliphatic rings.